The van der Waals surface area contributed by atoms with Gasteiger partial charge >= 0.3 is 11.9 Å². The molecule has 0 fully saturated rings. The maximum atomic E-state index is 12.8. The van der Waals surface area contributed by atoms with E-state index in [2.05, 4.69) is 62.5 Å². The summed E-state index contributed by atoms with van der Waals surface area (Å²) in [5.41, 5.74) is 0. The molecule has 0 aliphatic heterocycles. The molecule has 0 amide bonds. The van der Waals surface area contributed by atoms with Crippen molar-refractivity contribution in [2.45, 2.75) is 245 Å². The Kier molecular flexibility index (Phi) is 45.7. The molecule has 0 radical (unpaired) electrons. The number of carbonyl (C=O) groups excluding carboxylic acids is 3. The molecular formula is C56H101NO8. The lowest BCUT2D eigenvalue weighted by Gasteiger charge is -2.26. The smallest absolute Gasteiger partial charge is 0.306 e. The Morgan fingerprint density at radius 1 is 0.477 bits per heavy atom. The zero-order valence-corrected chi connectivity index (χ0v) is 42.9. The molecular weight excluding hydrogens is 815 g/mol. The van der Waals surface area contributed by atoms with Gasteiger partial charge in [-0.2, -0.15) is 0 Å². The van der Waals surface area contributed by atoms with E-state index in [-0.39, 0.29) is 32.2 Å². The van der Waals surface area contributed by atoms with Gasteiger partial charge in [-0.15, -0.1) is 0 Å². The average molecular weight is 916 g/mol. The highest BCUT2D eigenvalue weighted by molar-refractivity contribution is 5.70. The fourth-order valence-corrected chi connectivity index (χ4v) is 7.47. The second-order valence-electron chi connectivity index (χ2n) is 19.1. The normalized spacial score (nSPS) is 13.2. The molecule has 9 heteroatoms. The molecule has 0 rings (SSSR count). The average Bonchev–Trinajstić information content (AvgIpc) is 3.27. The summed E-state index contributed by atoms with van der Waals surface area (Å²) in [5, 5.41) is 11.7. The number of ether oxygens (including phenoxy) is 4. The van der Waals surface area contributed by atoms with Crippen LogP contribution < -0.4 is 5.11 Å². The van der Waals surface area contributed by atoms with Crippen molar-refractivity contribution in [2.24, 2.45) is 0 Å². The summed E-state index contributed by atoms with van der Waals surface area (Å²) >= 11 is 0. The van der Waals surface area contributed by atoms with Gasteiger partial charge in [0.05, 0.1) is 40.3 Å². The van der Waals surface area contributed by atoms with Gasteiger partial charge < -0.3 is 33.3 Å². The highest BCUT2D eigenvalue weighted by Gasteiger charge is 2.22. The van der Waals surface area contributed by atoms with Gasteiger partial charge in [0.2, 0.25) is 0 Å². The highest BCUT2D eigenvalue weighted by Crippen LogP contribution is 2.16. The molecule has 0 heterocycles. The number of rotatable bonds is 49. The first-order valence-electron chi connectivity index (χ1n) is 26.8. The molecule has 0 spiro atoms. The molecule has 2 unspecified atom stereocenters. The fourth-order valence-electron chi connectivity index (χ4n) is 7.47. The standard InChI is InChI=1S/C56H101NO8/c1-6-8-10-12-14-16-18-20-22-24-26-27-29-30-32-34-36-38-40-42-44-46-53(58)63-50-52(51-64-56(55(60)61)62-49-48-57(3,4)5)65-54(59)47-45-43-41-39-37-35-33-31-28-25-23-21-19-17-15-13-11-9-7-2/h9,11,15,17,21,23,28,31,52,56H,6-8,10,12-14,16,18-20,22,24-27,29-30,32-51H2,1-5H3/b11-9-,17-15-,23-21-,31-28-. The van der Waals surface area contributed by atoms with Crippen molar-refractivity contribution in [1.29, 1.82) is 0 Å². The van der Waals surface area contributed by atoms with Crippen molar-refractivity contribution in [2.75, 3.05) is 47.5 Å². The molecule has 0 saturated carbocycles. The molecule has 0 aliphatic carbocycles. The number of carboxylic acids is 1. The number of quaternary nitrogens is 1. The molecule has 0 aromatic rings. The summed E-state index contributed by atoms with van der Waals surface area (Å²) in [4.78, 5) is 37.2. The number of allylic oxidation sites excluding steroid dienone is 8. The van der Waals surface area contributed by atoms with Crippen LogP contribution >= 0.6 is 0 Å². The van der Waals surface area contributed by atoms with E-state index in [0.29, 0.717) is 23.9 Å². The minimum atomic E-state index is -1.62. The Balaban J connectivity index is 4.31. The van der Waals surface area contributed by atoms with Crippen LogP contribution in [0, 0.1) is 0 Å². The van der Waals surface area contributed by atoms with Gasteiger partial charge in [0.25, 0.3) is 0 Å². The van der Waals surface area contributed by atoms with E-state index in [1.165, 1.54) is 116 Å². The van der Waals surface area contributed by atoms with Gasteiger partial charge in [-0.1, -0.05) is 217 Å². The maximum Gasteiger partial charge on any atom is 0.306 e. The van der Waals surface area contributed by atoms with Crippen LogP contribution in [0.1, 0.15) is 232 Å². The topological polar surface area (TPSA) is 111 Å². The molecule has 2 atom stereocenters. The Bertz CT molecular complexity index is 1210. The minimum absolute atomic E-state index is 0.144. The van der Waals surface area contributed by atoms with E-state index in [1.54, 1.807) is 0 Å². The largest absolute Gasteiger partial charge is 0.545 e. The van der Waals surface area contributed by atoms with Gasteiger partial charge in [0.1, 0.15) is 13.2 Å². The monoisotopic (exact) mass is 916 g/mol. The van der Waals surface area contributed by atoms with Crippen molar-refractivity contribution in [1.82, 2.24) is 0 Å². The SMILES string of the molecule is CC/C=C\C/C=C\C/C=C\C/C=C\CCCCCCCCC(=O)OC(COC(=O)CCCCCCCCCCCCCCCCCCCCCCC)COC(OCC[N+](C)(C)C)C(=O)[O-]. The van der Waals surface area contributed by atoms with Gasteiger partial charge in [0.15, 0.2) is 12.4 Å². The quantitative estimate of drug-likeness (QED) is 0.0195. The van der Waals surface area contributed by atoms with Crippen LogP contribution in [0.4, 0.5) is 0 Å². The maximum absolute atomic E-state index is 12.8. The fraction of sp³-hybridized carbons (Fsp3) is 0.804. The summed E-state index contributed by atoms with van der Waals surface area (Å²) < 4.78 is 22.6. The van der Waals surface area contributed by atoms with Gasteiger partial charge in [-0.25, -0.2) is 0 Å². The molecule has 378 valence electrons. The molecule has 9 nitrogen and oxygen atoms in total. The number of likely N-dealkylation sites (N-methyl/N-ethyl adjacent to an activating group) is 1. The summed E-state index contributed by atoms with van der Waals surface area (Å²) in [6.07, 6.45) is 54.3. The number of unbranched alkanes of at least 4 members (excludes halogenated alkanes) is 26. The molecule has 0 N–H and O–H groups in total. The van der Waals surface area contributed by atoms with Crippen LogP contribution in [0.25, 0.3) is 0 Å². The predicted octanol–water partition coefficient (Wildman–Crippen LogP) is 13.8. The Labute approximate surface area is 400 Å². The molecule has 65 heavy (non-hydrogen) atoms. The zero-order chi connectivity index (χ0) is 47.7. The zero-order valence-electron chi connectivity index (χ0n) is 42.9. The van der Waals surface area contributed by atoms with Gasteiger partial charge in [-0.05, 0) is 51.4 Å². The summed E-state index contributed by atoms with van der Waals surface area (Å²) in [7, 11) is 5.91. The van der Waals surface area contributed by atoms with Crippen LogP contribution in [0.15, 0.2) is 48.6 Å². The molecule has 0 aliphatic rings. The van der Waals surface area contributed by atoms with E-state index in [4.69, 9.17) is 18.9 Å². The van der Waals surface area contributed by atoms with Crippen LogP contribution in [0.5, 0.6) is 0 Å². The third-order valence-corrected chi connectivity index (χ3v) is 11.6. The highest BCUT2D eigenvalue weighted by atomic mass is 16.7. The second kappa shape index (κ2) is 47.7. The number of aliphatic carboxylic acids is 1. The summed E-state index contributed by atoms with van der Waals surface area (Å²) in [5.74, 6) is -2.29. The number of hydrogen-bond donors (Lipinski definition) is 0. The van der Waals surface area contributed by atoms with E-state index in [9.17, 15) is 19.5 Å². The van der Waals surface area contributed by atoms with E-state index < -0.39 is 24.3 Å². The van der Waals surface area contributed by atoms with Crippen molar-refractivity contribution < 1.29 is 42.9 Å². The lowest BCUT2D eigenvalue weighted by molar-refractivity contribution is -0.870. The van der Waals surface area contributed by atoms with Crippen LogP contribution in [-0.4, -0.2) is 82.3 Å². The summed E-state index contributed by atoms with van der Waals surface area (Å²) in [6, 6.07) is 0. The number of esters is 2. The Hall–Kier alpha value is -2.75. The van der Waals surface area contributed by atoms with Crippen molar-refractivity contribution in [3.8, 4) is 0 Å². The van der Waals surface area contributed by atoms with E-state index in [0.717, 1.165) is 83.5 Å². The number of hydrogen-bond acceptors (Lipinski definition) is 8. The third-order valence-electron chi connectivity index (χ3n) is 11.6. The summed E-state index contributed by atoms with van der Waals surface area (Å²) in [6.45, 7) is 4.64. The lowest BCUT2D eigenvalue weighted by atomic mass is 10.0. The number of carboxylic acid groups (broad SMARTS) is 1. The van der Waals surface area contributed by atoms with E-state index >= 15 is 0 Å². The van der Waals surface area contributed by atoms with Gasteiger partial charge in [-0.3, -0.25) is 9.59 Å². The Morgan fingerprint density at radius 2 is 0.877 bits per heavy atom. The first-order valence-corrected chi connectivity index (χ1v) is 26.8. The van der Waals surface area contributed by atoms with Crippen molar-refractivity contribution in [3.05, 3.63) is 48.6 Å². The van der Waals surface area contributed by atoms with Gasteiger partial charge in [0, 0.05) is 12.8 Å². The molecule has 0 aromatic heterocycles. The molecule has 0 saturated heterocycles. The van der Waals surface area contributed by atoms with Crippen LogP contribution in [0.2, 0.25) is 0 Å². The van der Waals surface area contributed by atoms with Crippen molar-refractivity contribution in [3.63, 3.8) is 0 Å². The van der Waals surface area contributed by atoms with Crippen LogP contribution in [0.3, 0.4) is 0 Å². The second-order valence-corrected chi connectivity index (χ2v) is 19.1. The molecule has 0 aromatic carbocycles. The molecule has 0 bridgehead atoms. The third kappa shape index (κ3) is 49.0. The predicted molar refractivity (Wildman–Crippen MR) is 269 cm³/mol. The first-order chi connectivity index (χ1) is 31.6. The number of carbonyl (C=O) groups is 3. The Morgan fingerprint density at radius 3 is 1.31 bits per heavy atom. The minimum Gasteiger partial charge on any atom is -0.545 e. The lowest BCUT2D eigenvalue weighted by Crippen LogP contribution is -2.44. The first kappa shape index (κ1) is 62.2. The van der Waals surface area contributed by atoms with E-state index in [1.807, 2.05) is 21.1 Å². The number of nitrogens with zero attached hydrogens (tertiary/aromatic N) is 1. The van der Waals surface area contributed by atoms with Crippen LogP contribution in [-0.2, 0) is 33.3 Å². The van der Waals surface area contributed by atoms with Crippen molar-refractivity contribution >= 4 is 17.9 Å².